The number of hydrogen-bond donors (Lipinski definition) is 1. The van der Waals surface area contributed by atoms with E-state index in [0.29, 0.717) is 12.5 Å². The second-order valence-corrected chi connectivity index (χ2v) is 3.32. The summed E-state index contributed by atoms with van der Waals surface area (Å²) < 4.78 is 10.4. The van der Waals surface area contributed by atoms with E-state index in [1.165, 1.54) is 0 Å². The van der Waals surface area contributed by atoms with Crippen LogP contribution in [0.1, 0.15) is 40.0 Å². The van der Waals surface area contributed by atoms with Crippen molar-refractivity contribution < 1.29 is 19.4 Å². The third-order valence-electron chi connectivity index (χ3n) is 1.76. The monoisotopic (exact) mass is 204 g/mol. The van der Waals surface area contributed by atoms with Gasteiger partial charge < -0.3 is 14.6 Å². The molecule has 1 rings (SSSR count). The lowest BCUT2D eigenvalue weighted by molar-refractivity contribution is -0.197. The number of carbonyl (C=O) groups is 1. The van der Waals surface area contributed by atoms with Gasteiger partial charge in [-0.05, 0) is 26.7 Å². The maximum absolute atomic E-state index is 9.60. The molecule has 4 nitrogen and oxygen atoms in total. The zero-order valence-electron chi connectivity index (χ0n) is 9.16. The fourth-order valence-corrected chi connectivity index (χ4v) is 1.05. The molecule has 0 amide bonds. The molecule has 1 fully saturated rings. The highest BCUT2D eigenvalue weighted by atomic mass is 16.7. The molecule has 1 aliphatic rings. The van der Waals surface area contributed by atoms with E-state index in [0.717, 1.165) is 19.4 Å². The molecule has 14 heavy (non-hydrogen) atoms. The van der Waals surface area contributed by atoms with Crippen LogP contribution in [0.4, 0.5) is 0 Å². The predicted octanol–water partition coefficient (Wildman–Crippen LogP) is 2.03. The number of rotatable bonds is 2. The number of ether oxygens (including phenoxy) is 2. The second-order valence-electron chi connectivity index (χ2n) is 3.32. The summed E-state index contributed by atoms with van der Waals surface area (Å²) in [5, 5.41) is 7.91. The first-order valence-electron chi connectivity index (χ1n) is 5.05. The molecular formula is C10H20O4. The molecule has 1 aliphatic heterocycles. The van der Waals surface area contributed by atoms with Crippen LogP contribution in [0.5, 0.6) is 0 Å². The van der Waals surface area contributed by atoms with Crippen molar-refractivity contribution in [3.63, 3.8) is 0 Å². The number of carboxylic acids is 1. The van der Waals surface area contributed by atoms with Gasteiger partial charge in [0.1, 0.15) is 0 Å². The van der Waals surface area contributed by atoms with Crippen molar-refractivity contribution in [1.29, 1.82) is 0 Å². The summed E-state index contributed by atoms with van der Waals surface area (Å²) in [6.45, 7) is 6.69. The van der Waals surface area contributed by atoms with E-state index < -0.39 is 5.97 Å². The summed E-state index contributed by atoms with van der Waals surface area (Å²) in [5.74, 6) is -0.711. The summed E-state index contributed by atoms with van der Waals surface area (Å²) >= 11 is 0. The van der Waals surface area contributed by atoms with Gasteiger partial charge in [-0.1, -0.05) is 6.92 Å². The molecule has 0 aromatic carbocycles. The van der Waals surface area contributed by atoms with Gasteiger partial charge in [0.05, 0.1) is 12.7 Å². The first-order valence-corrected chi connectivity index (χ1v) is 5.05. The highest BCUT2D eigenvalue weighted by molar-refractivity contribution is 5.66. The van der Waals surface area contributed by atoms with Crippen molar-refractivity contribution in [1.82, 2.24) is 0 Å². The third kappa shape index (κ3) is 8.01. The Morgan fingerprint density at radius 3 is 2.36 bits per heavy atom. The Hall–Kier alpha value is -0.610. The fraction of sp³-hybridized carbons (Fsp3) is 0.900. The molecule has 0 spiro atoms. The Kier molecular flexibility index (Phi) is 7.42. The standard InChI is InChI=1S/C6H12O2.C4H8O2/c1-5-3-4-7-6(2)8-5;1-2-3-4(5)6/h5-6H,3-4H2,1-2H3;2-3H2,1H3,(H,5,6). The average Bonchev–Trinajstić information content (AvgIpc) is 2.03. The molecular weight excluding hydrogens is 184 g/mol. The molecule has 0 aliphatic carbocycles. The van der Waals surface area contributed by atoms with Crippen LogP contribution in [-0.4, -0.2) is 30.1 Å². The van der Waals surface area contributed by atoms with Crippen molar-refractivity contribution in [2.75, 3.05) is 6.61 Å². The third-order valence-corrected chi connectivity index (χ3v) is 1.76. The van der Waals surface area contributed by atoms with Crippen LogP contribution < -0.4 is 0 Å². The van der Waals surface area contributed by atoms with Gasteiger partial charge in [0, 0.05) is 6.42 Å². The van der Waals surface area contributed by atoms with E-state index >= 15 is 0 Å². The molecule has 0 radical (unpaired) electrons. The van der Waals surface area contributed by atoms with E-state index in [-0.39, 0.29) is 6.29 Å². The van der Waals surface area contributed by atoms with E-state index in [4.69, 9.17) is 14.6 Å². The van der Waals surface area contributed by atoms with Gasteiger partial charge in [-0.2, -0.15) is 0 Å². The van der Waals surface area contributed by atoms with Gasteiger partial charge in [-0.25, -0.2) is 0 Å². The molecule has 4 heteroatoms. The number of hydrogen-bond acceptors (Lipinski definition) is 3. The molecule has 84 valence electrons. The lowest BCUT2D eigenvalue weighted by Crippen LogP contribution is -2.27. The Labute approximate surface area is 85.2 Å². The topological polar surface area (TPSA) is 55.8 Å². The van der Waals surface area contributed by atoms with Crippen LogP contribution >= 0.6 is 0 Å². The number of aliphatic carboxylic acids is 1. The van der Waals surface area contributed by atoms with Gasteiger partial charge >= 0.3 is 5.97 Å². The largest absolute Gasteiger partial charge is 0.481 e. The minimum Gasteiger partial charge on any atom is -0.481 e. The van der Waals surface area contributed by atoms with Gasteiger partial charge in [0.15, 0.2) is 6.29 Å². The average molecular weight is 204 g/mol. The van der Waals surface area contributed by atoms with Crippen LogP contribution in [0.3, 0.4) is 0 Å². The molecule has 2 unspecified atom stereocenters. The van der Waals surface area contributed by atoms with Crippen LogP contribution in [0, 0.1) is 0 Å². The summed E-state index contributed by atoms with van der Waals surface area (Å²) in [5.41, 5.74) is 0. The Bertz CT molecular complexity index is 150. The first-order chi connectivity index (χ1) is 6.56. The van der Waals surface area contributed by atoms with E-state index in [1.54, 1.807) is 0 Å². The van der Waals surface area contributed by atoms with Crippen LogP contribution in [0.2, 0.25) is 0 Å². The van der Waals surface area contributed by atoms with E-state index in [9.17, 15) is 4.79 Å². The van der Waals surface area contributed by atoms with Crippen LogP contribution in [0.25, 0.3) is 0 Å². The summed E-state index contributed by atoms with van der Waals surface area (Å²) in [6, 6.07) is 0. The Morgan fingerprint density at radius 1 is 1.50 bits per heavy atom. The normalized spacial score (nSPS) is 26.2. The molecule has 2 atom stereocenters. The van der Waals surface area contributed by atoms with Crippen molar-refractivity contribution in [3.05, 3.63) is 0 Å². The highest BCUT2D eigenvalue weighted by Gasteiger charge is 2.13. The molecule has 0 saturated carbocycles. The zero-order chi connectivity index (χ0) is 11.0. The molecule has 1 N–H and O–H groups in total. The summed E-state index contributed by atoms with van der Waals surface area (Å²) in [4.78, 5) is 9.60. The Morgan fingerprint density at radius 2 is 2.14 bits per heavy atom. The number of carboxylic acid groups (broad SMARTS) is 1. The first kappa shape index (κ1) is 13.4. The van der Waals surface area contributed by atoms with Crippen molar-refractivity contribution >= 4 is 5.97 Å². The SMILES string of the molecule is CC1CCOC(C)O1.CCCC(=O)O. The summed E-state index contributed by atoms with van der Waals surface area (Å²) in [6.07, 6.45) is 2.46. The smallest absolute Gasteiger partial charge is 0.303 e. The quantitative estimate of drug-likeness (QED) is 0.747. The lowest BCUT2D eigenvalue weighted by Gasteiger charge is -2.24. The fourth-order valence-electron chi connectivity index (χ4n) is 1.05. The van der Waals surface area contributed by atoms with Gasteiger partial charge in [0.25, 0.3) is 0 Å². The Balaban J connectivity index is 0.000000255. The minimum atomic E-state index is -0.711. The van der Waals surface area contributed by atoms with Gasteiger partial charge in [-0.15, -0.1) is 0 Å². The predicted molar refractivity (Wildman–Crippen MR) is 53.1 cm³/mol. The molecule has 0 aromatic rings. The van der Waals surface area contributed by atoms with E-state index in [2.05, 4.69) is 6.92 Å². The maximum atomic E-state index is 9.60. The molecule has 1 heterocycles. The van der Waals surface area contributed by atoms with Crippen molar-refractivity contribution in [3.8, 4) is 0 Å². The van der Waals surface area contributed by atoms with Gasteiger partial charge in [0.2, 0.25) is 0 Å². The van der Waals surface area contributed by atoms with E-state index in [1.807, 2.05) is 13.8 Å². The molecule has 0 aromatic heterocycles. The van der Waals surface area contributed by atoms with Crippen molar-refractivity contribution in [2.24, 2.45) is 0 Å². The van der Waals surface area contributed by atoms with Gasteiger partial charge in [-0.3, -0.25) is 4.79 Å². The van der Waals surface area contributed by atoms with Crippen LogP contribution in [0.15, 0.2) is 0 Å². The van der Waals surface area contributed by atoms with Crippen LogP contribution in [-0.2, 0) is 14.3 Å². The van der Waals surface area contributed by atoms with Crippen molar-refractivity contribution in [2.45, 2.75) is 52.4 Å². The second kappa shape index (κ2) is 7.76. The maximum Gasteiger partial charge on any atom is 0.303 e. The highest BCUT2D eigenvalue weighted by Crippen LogP contribution is 2.09. The molecule has 0 bridgehead atoms. The lowest BCUT2D eigenvalue weighted by atomic mass is 10.3. The zero-order valence-corrected chi connectivity index (χ0v) is 9.16. The minimum absolute atomic E-state index is 0.0127. The summed E-state index contributed by atoms with van der Waals surface area (Å²) in [7, 11) is 0. The molecule has 1 saturated heterocycles.